The molecule has 1 heterocycles. The molecule has 1 aromatic rings. The number of ketones is 1. The molecule has 0 atom stereocenters. The van der Waals surface area contributed by atoms with Crippen LogP contribution in [0.3, 0.4) is 0 Å². The van der Waals surface area contributed by atoms with Crippen molar-refractivity contribution in [3.05, 3.63) is 53.6 Å². The average molecular weight is 228 g/mol. The minimum Gasteiger partial charge on any atom is -0.337 e. The van der Waals surface area contributed by atoms with Crippen molar-refractivity contribution in [2.75, 3.05) is 7.05 Å². The molecule has 0 aromatic heterocycles. The number of Topliss-reactive ketones (excluding diaryl/α,β-unsaturated/α-hetero) is 1. The van der Waals surface area contributed by atoms with E-state index in [0.29, 0.717) is 11.4 Å². The van der Waals surface area contributed by atoms with Gasteiger partial charge in [0.1, 0.15) is 0 Å². The molecule has 0 saturated carbocycles. The molecule has 17 heavy (non-hydrogen) atoms. The number of carbonyl (C=O) groups is 1. The molecule has 4 heteroatoms. The maximum atomic E-state index is 11.9. The van der Waals surface area contributed by atoms with E-state index in [4.69, 9.17) is 0 Å². The molecule has 1 aliphatic heterocycles. The Labute approximate surface area is 99.2 Å². The van der Waals surface area contributed by atoms with Crippen molar-refractivity contribution in [3.8, 4) is 0 Å². The van der Waals surface area contributed by atoms with Gasteiger partial charge in [-0.05, 0) is 0 Å². The van der Waals surface area contributed by atoms with Crippen LogP contribution in [0.2, 0.25) is 0 Å². The molecular formula is C13H12N2O2. The Balaban J connectivity index is 2.09. The van der Waals surface area contributed by atoms with Crippen molar-refractivity contribution >= 4 is 11.7 Å². The van der Waals surface area contributed by atoms with Crippen LogP contribution in [0, 0.1) is 0 Å². The fraction of sp³-hybridized carbons (Fsp3) is 0.154. The quantitative estimate of drug-likeness (QED) is 0.626. The summed E-state index contributed by atoms with van der Waals surface area (Å²) in [5.41, 5.74) is 1.43. The molecule has 0 fully saturated rings. The van der Waals surface area contributed by atoms with Crippen molar-refractivity contribution in [1.29, 1.82) is 0 Å². The van der Waals surface area contributed by atoms with Crippen molar-refractivity contribution in [3.63, 3.8) is 0 Å². The first-order chi connectivity index (χ1) is 8.22. The van der Waals surface area contributed by atoms with Crippen LogP contribution in [-0.4, -0.2) is 23.7 Å². The van der Waals surface area contributed by atoms with Crippen molar-refractivity contribution in [2.45, 2.75) is 6.42 Å². The van der Waals surface area contributed by atoms with Gasteiger partial charge in [0.05, 0.1) is 6.42 Å². The van der Waals surface area contributed by atoms with Gasteiger partial charge in [-0.1, -0.05) is 30.3 Å². The Bertz CT molecular complexity index is 513. The van der Waals surface area contributed by atoms with Crippen molar-refractivity contribution in [1.82, 2.24) is 10.2 Å². The van der Waals surface area contributed by atoms with Crippen molar-refractivity contribution < 1.29 is 9.59 Å². The maximum absolute atomic E-state index is 11.9. The van der Waals surface area contributed by atoms with Gasteiger partial charge in [0, 0.05) is 24.5 Å². The summed E-state index contributed by atoms with van der Waals surface area (Å²) in [5.74, 6) is 2.13. The Morgan fingerprint density at radius 3 is 2.65 bits per heavy atom. The lowest BCUT2D eigenvalue weighted by atomic mass is 10.1. The average Bonchev–Trinajstić information content (AvgIpc) is 2.71. The van der Waals surface area contributed by atoms with Crippen LogP contribution < -0.4 is 5.32 Å². The maximum Gasteiger partial charge on any atom is 0.197 e. The second-order valence-corrected chi connectivity index (χ2v) is 3.76. The van der Waals surface area contributed by atoms with Crippen LogP contribution in [0.15, 0.2) is 48.0 Å². The van der Waals surface area contributed by atoms with E-state index in [1.165, 1.54) is 0 Å². The molecule has 86 valence electrons. The number of carbonyl (C=O) groups excluding carboxylic acids is 2. The van der Waals surface area contributed by atoms with Crippen LogP contribution >= 0.6 is 0 Å². The van der Waals surface area contributed by atoms with Crippen LogP contribution in [0.1, 0.15) is 16.8 Å². The highest BCUT2D eigenvalue weighted by molar-refractivity contribution is 5.97. The van der Waals surface area contributed by atoms with Crippen LogP contribution in [-0.2, 0) is 4.79 Å². The van der Waals surface area contributed by atoms with Gasteiger partial charge in [-0.2, -0.15) is 0 Å². The zero-order valence-corrected chi connectivity index (χ0v) is 9.43. The first-order valence-corrected chi connectivity index (χ1v) is 5.25. The van der Waals surface area contributed by atoms with Crippen LogP contribution in [0.5, 0.6) is 0 Å². The third kappa shape index (κ3) is 2.27. The van der Waals surface area contributed by atoms with Gasteiger partial charge >= 0.3 is 0 Å². The standard InChI is InChI=1S/C13H12N2O2/c1-15-11(8-14-13(15)9-16)7-12(17)10-5-3-2-4-6-10/h2-6,8,14H,7H2,1H3. The Morgan fingerprint density at radius 1 is 1.35 bits per heavy atom. The lowest BCUT2D eigenvalue weighted by Gasteiger charge is -2.13. The molecule has 0 amide bonds. The predicted octanol–water partition coefficient (Wildman–Crippen LogP) is 1.31. The number of benzene rings is 1. The summed E-state index contributed by atoms with van der Waals surface area (Å²) in [5, 5.41) is 2.77. The van der Waals surface area contributed by atoms with Gasteiger partial charge in [-0.3, -0.25) is 4.79 Å². The fourth-order valence-corrected chi connectivity index (χ4v) is 1.65. The van der Waals surface area contributed by atoms with Gasteiger partial charge in [-0.15, -0.1) is 0 Å². The molecule has 1 aliphatic rings. The molecule has 0 saturated heterocycles. The summed E-state index contributed by atoms with van der Waals surface area (Å²) in [6.45, 7) is 0. The summed E-state index contributed by atoms with van der Waals surface area (Å²) < 4.78 is 0. The third-order valence-electron chi connectivity index (χ3n) is 2.68. The fourth-order valence-electron chi connectivity index (χ4n) is 1.65. The molecule has 4 nitrogen and oxygen atoms in total. The normalized spacial score (nSPS) is 14.1. The summed E-state index contributed by atoms with van der Waals surface area (Å²) in [6, 6.07) is 9.08. The number of allylic oxidation sites excluding steroid dienone is 1. The van der Waals surface area contributed by atoms with Gasteiger partial charge < -0.3 is 10.2 Å². The minimum atomic E-state index is 0.0256. The van der Waals surface area contributed by atoms with Crippen LogP contribution in [0.4, 0.5) is 0 Å². The monoisotopic (exact) mass is 228 g/mol. The van der Waals surface area contributed by atoms with Crippen molar-refractivity contribution in [2.24, 2.45) is 0 Å². The lowest BCUT2D eigenvalue weighted by molar-refractivity contribution is 0.0987. The summed E-state index contributed by atoms with van der Waals surface area (Å²) in [4.78, 5) is 24.1. The molecule has 0 radical (unpaired) electrons. The molecule has 2 rings (SSSR count). The zero-order chi connectivity index (χ0) is 12.3. The molecular weight excluding hydrogens is 216 g/mol. The molecule has 0 unspecified atom stereocenters. The smallest absolute Gasteiger partial charge is 0.197 e. The Kier molecular flexibility index (Phi) is 3.08. The van der Waals surface area contributed by atoms with E-state index in [1.807, 2.05) is 18.2 Å². The zero-order valence-electron chi connectivity index (χ0n) is 9.43. The highest BCUT2D eigenvalue weighted by atomic mass is 16.1. The van der Waals surface area contributed by atoms with Crippen LogP contribution in [0.25, 0.3) is 0 Å². The number of nitrogens with one attached hydrogen (secondary N) is 1. The summed E-state index contributed by atoms with van der Waals surface area (Å²) in [6.07, 6.45) is 1.92. The lowest BCUT2D eigenvalue weighted by Crippen LogP contribution is -2.18. The van der Waals surface area contributed by atoms with Gasteiger partial charge in [0.15, 0.2) is 17.5 Å². The van der Waals surface area contributed by atoms with E-state index < -0.39 is 0 Å². The number of hydrogen-bond acceptors (Lipinski definition) is 4. The topological polar surface area (TPSA) is 49.4 Å². The van der Waals surface area contributed by atoms with E-state index in [2.05, 4.69) is 5.32 Å². The second kappa shape index (κ2) is 4.68. The molecule has 1 N–H and O–H groups in total. The third-order valence-corrected chi connectivity index (χ3v) is 2.68. The van der Waals surface area contributed by atoms with E-state index in [-0.39, 0.29) is 12.2 Å². The van der Waals surface area contributed by atoms with Gasteiger partial charge in [-0.25, -0.2) is 4.79 Å². The molecule has 0 bridgehead atoms. The Morgan fingerprint density at radius 2 is 2.06 bits per heavy atom. The van der Waals surface area contributed by atoms with Gasteiger partial charge in [0.2, 0.25) is 0 Å². The van der Waals surface area contributed by atoms with E-state index >= 15 is 0 Å². The summed E-state index contributed by atoms with van der Waals surface area (Å²) in [7, 11) is 1.73. The second-order valence-electron chi connectivity index (χ2n) is 3.76. The number of rotatable bonds is 3. The highest BCUT2D eigenvalue weighted by Gasteiger charge is 2.19. The highest BCUT2D eigenvalue weighted by Crippen LogP contribution is 2.18. The number of hydrogen-bond donors (Lipinski definition) is 1. The minimum absolute atomic E-state index is 0.0256. The van der Waals surface area contributed by atoms with Gasteiger partial charge in [0.25, 0.3) is 0 Å². The van der Waals surface area contributed by atoms with E-state index in [1.54, 1.807) is 36.2 Å². The SMILES string of the molecule is CN1C(=C=O)NC=C1CC(=O)c1ccccc1. The predicted molar refractivity (Wildman–Crippen MR) is 63.6 cm³/mol. The summed E-state index contributed by atoms with van der Waals surface area (Å²) >= 11 is 0. The number of nitrogens with zero attached hydrogens (tertiary/aromatic N) is 1. The molecule has 1 aromatic carbocycles. The van der Waals surface area contributed by atoms with E-state index in [0.717, 1.165) is 5.70 Å². The first-order valence-electron chi connectivity index (χ1n) is 5.25. The Hall–Kier alpha value is -2.32. The van der Waals surface area contributed by atoms with E-state index in [9.17, 15) is 9.59 Å². The molecule has 0 spiro atoms. The molecule has 0 aliphatic carbocycles. The largest absolute Gasteiger partial charge is 0.337 e. The first kappa shape index (κ1) is 11.2.